The Hall–Kier alpha value is -9.03. The molecule has 0 bridgehead atoms. The van der Waals surface area contributed by atoms with Crippen molar-refractivity contribution in [3.63, 3.8) is 0 Å². The zero-order valence-corrected chi connectivity index (χ0v) is 47.9. The Kier molecular flexibility index (Phi) is 18.4. The Morgan fingerprint density at radius 3 is 1.63 bits per heavy atom. The average Bonchev–Trinajstić information content (AvgIpc) is 3.52. The van der Waals surface area contributed by atoms with Gasteiger partial charge in [-0.3, -0.25) is 9.59 Å². The molecule has 1 aromatic heterocycles. The number of rotatable bonds is 23. The van der Waals surface area contributed by atoms with Gasteiger partial charge in [-0.2, -0.15) is 0 Å². The molecule has 1 heterocycles. The lowest BCUT2D eigenvalue weighted by atomic mass is 9.99. The van der Waals surface area contributed by atoms with Crippen molar-refractivity contribution in [1.82, 2.24) is 20.9 Å². The Morgan fingerprint density at radius 2 is 1.04 bits per heavy atom. The van der Waals surface area contributed by atoms with Gasteiger partial charge in [-0.15, -0.1) is 4.57 Å². The highest BCUT2D eigenvalue weighted by Crippen LogP contribution is 2.35. The van der Waals surface area contributed by atoms with E-state index in [0.29, 0.717) is 29.9 Å². The van der Waals surface area contributed by atoms with Crippen LogP contribution < -0.4 is 42.6 Å². The Morgan fingerprint density at radius 1 is 0.531 bits per heavy atom. The summed E-state index contributed by atoms with van der Waals surface area (Å²) in [5.74, 6) is -0.157. The molecule has 9 rings (SSSR count). The van der Waals surface area contributed by atoms with E-state index in [1.807, 2.05) is 80.6 Å². The first-order chi connectivity index (χ1) is 39.2. The number of carbonyl (C=O) groups is 2. The molecule has 0 atom stereocenters. The molecule has 8 aromatic rings. The molecule has 12 heteroatoms. The number of nitrogen functional groups attached to an aromatic ring is 2. The molecule has 0 spiro atoms. The van der Waals surface area contributed by atoms with Crippen LogP contribution in [-0.4, -0.2) is 48.7 Å². The normalized spacial score (nSPS) is 12.8. The molecule has 0 saturated heterocycles. The Bertz CT molecular complexity index is 3690. The first kappa shape index (κ1) is 56.7. The molecule has 2 amide bonds. The predicted molar refractivity (Wildman–Crippen MR) is 338 cm³/mol. The van der Waals surface area contributed by atoms with Crippen molar-refractivity contribution >= 4 is 73.7 Å². The third kappa shape index (κ3) is 14.4. The summed E-state index contributed by atoms with van der Waals surface area (Å²) in [5, 5.41) is 16.9. The maximum absolute atomic E-state index is 13.0. The summed E-state index contributed by atoms with van der Waals surface area (Å²) in [6.45, 7) is 19.7. The summed E-state index contributed by atoms with van der Waals surface area (Å²) in [5.41, 5.74) is 35.4. The molecular formula is C69H77N10O2+. The van der Waals surface area contributed by atoms with Gasteiger partial charge in [0.05, 0.1) is 17.1 Å². The van der Waals surface area contributed by atoms with Crippen molar-refractivity contribution in [2.45, 2.75) is 92.9 Å². The zero-order valence-electron chi connectivity index (χ0n) is 47.9. The topological polar surface area (TPSA) is 175 Å². The Labute approximate surface area is 477 Å². The summed E-state index contributed by atoms with van der Waals surface area (Å²) in [4.78, 5) is 36.1. The third-order valence-corrected chi connectivity index (χ3v) is 15.1. The molecular weight excluding hydrogens is 1000 g/mol. The number of hydrogen-bond acceptors (Lipinski definition) is 9. The minimum Gasteiger partial charge on any atom is -0.398 e. The maximum Gasteiger partial charge on any atom is 0.251 e. The molecule has 81 heavy (non-hydrogen) atoms. The number of nitrogens with one attached hydrogen (secondary N) is 5. The minimum absolute atomic E-state index is 0.0773. The van der Waals surface area contributed by atoms with E-state index in [1.54, 1.807) is 0 Å². The zero-order chi connectivity index (χ0) is 57.0. The van der Waals surface area contributed by atoms with E-state index < -0.39 is 0 Å². The number of aryl methyl sites for hydroxylation is 5. The van der Waals surface area contributed by atoms with Crippen molar-refractivity contribution in [3.8, 4) is 16.8 Å². The van der Waals surface area contributed by atoms with Crippen molar-refractivity contribution in [1.29, 1.82) is 0 Å². The van der Waals surface area contributed by atoms with Gasteiger partial charge in [-0.05, 0) is 179 Å². The highest BCUT2D eigenvalue weighted by molar-refractivity contribution is 6.13. The molecule has 1 aliphatic carbocycles. The first-order valence-electron chi connectivity index (χ1n) is 28.5. The predicted octanol–water partition coefficient (Wildman–Crippen LogP) is 14.2. The van der Waals surface area contributed by atoms with Gasteiger partial charge >= 0.3 is 0 Å². The monoisotopic (exact) mass is 1080 g/mol. The molecule has 0 radical (unpaired) electrons. The summed E-state index contributed by atoms with van der Waals surface area (Å²) in [6, 6.07) is 44.5. The summed E-state index contributed by atoms with van der Waals surface area (Å²) >= 11 is 0. The van der Waals surface area contributed by atoms with Crippen LogP contribution in [0.3, 0.4) is 0 Å². The minimum atomic E-state index is -0.0798. The Balaban J connectivity index is 0.647. The van der Waals surface area contributed by atoms with E-state index in [1.165, 1.54) is 11.1 Å². The molecule has 0 unspecified atom stereocenters. The highest BCUT2D eigenvalue weighted by atomic mass is 16.2. The summed E-state index contributed by atoms with van der Waals surface area (Å²) < 4.78 is 2.26. The lowest BCUT2D eigenvalue weighted by molar-refractivity contribution is -0.538. The molecule has 0 saturated carbocycles. The van der Waals surface area contributed by atoms with Crippen LogP contribution in [0.15, 0.2) is 174 Å². The second kappa shape index (κ2) is 26.3. The molecule has 7 aromatic carbocycles. The second-order valence-corrected chi connectivity index (χ2v) is 21.6. The molecule has 1 aliphatic rings. The van der Waals surface area contributed by atoms with Gasteiger partial charge in [0, 0.05) is 90.0 Å². The van der Waals surface area contributed by atoms with Crippen LogP contribution in [0.5, 0.6) is 0 Å². The van der Waals surface area contributed by atoms with Gasteiger partial charge < -0.3 is 38.1 Å². The van der Waals surface area contributed by atoms with Gasteiger partial charge in [-0.25, -0.2) is 9.98 Å². The van der Waals surface area contributed by atoms with Crippen LogP contribution >= 0.6 is 0 Å². The van der Waals surface area contributed by atoms with E-state index in [9.17, 15) is 9.59 Å². The summed E-state index contributed by atoms with van der Waals surface area (Å²) in [6.07, 6.45) is 12.1. The lowest BCUT2D eigenvalue weighted by Crippen LogP contribution is -2.33. The number of amides is 2. The second-order valence-electron chi connectivity index (χ2n) is 21.6. The lowest BCUT2D eigenvalue weighted by Gasteiger charge is -2.19. The standard InChI is InChI=1S/C69H76N10O2/c1-44-16-28-55(29-17-44)76-63-41-57(70)46(3)36-62(63)77-61-39-48(5)59(38-50(61)7)72-32-12-8-10-14-34-74-68(80)53-24-20-51(21-25-53)52-22-26-54(27-23-52)69(81)75-35-15-11-9-13-33-73-60-43-67-65(40-49(60)6)78-64-37-47(4)58(71)42-66(64)79(67)56-30-18-45(2)19-31-56/h16-31,36-43,72,76H,7-15,32-35,70H2,1-6H3,(H4,71,73,74,75,80,81)/p+1/b77-61-. The van der Waals surface area contributed by atoms with Gasteiger partial charge in [-0.1, -0.05) is 91.9 Å². The fourth-order valence-electron chi connectivity index (χ4n) is 10.1. The van der Waals surface area contributed by atoms with Crippen molar-refractivity contribution in [2.24, 2.45) is 4.99 Å². The van der Waals surface area contributed by atoms with Crippen LogP contribution in [-0.2, 0) is 0 Å². The number of unbranched alkanes of at least 4 members (excludes halogenated alkanes) is 6. The molecule has 12 nitrogen and oxygen atoms in total. The molecule has 414 valence electrons. The first-order valence-corrected chi connectivity index (χ1v) is 28.5. The molecule has 0 fully saturated rings. The van der Waals surface area contributed by atoms with Gasteiger partial charge in [0.25, 0.3) is 11.8 Å². The fraction of sp³-hybridized carbons (Fsp3) is 0.261. The van der Waals surface area contributed by atoms with Gasteiger partial charge in [0.15, 0.2) is 0 Å². The van der Waals surface area contributed by atoms with Crippen LogP contribution in [0, 0.1) is 34.6 Å². The fourth-order valence-corrected chi connectivity index (χ4v) is 10.1. The van der Waals surface area contributed by atoms with Crippen LogP contribution in [0.4, 0.5) is 34.1 Å². The van der Waals surface area contributed by atoms with E-state index >= 15 is 0 Å². The number of aromatic nitrogens is 2. The van der Waals surface area contributed by atoms with Crippen LogP contribution in [0.1, 0.15) is 107 Å². The van der Waals surface area contributed by atoms with E-state index in [0.717, 1.165) is 171 Å². The number of benzene rings is 7. The van der Waals surface area contributed by atoms with Crippen molar-refractivity contribution in [3.05, 3.63) is 208 Å². The number of fused-ring (bicyclic) bond motifs is 2. The molecule has 0 aliphatic heterocycles. The third-order valence-electron chi connectivity index (χ3n) is 15.1. The number of nitrogens with two attached hydrogens (primary N) is 2. The van der Waals surface area contributed by atoms with Gasteiger partial charge in [0.1, 0.15) is 11.0 Å². The number of aliphatic imine (C=N–C) groups is 1. The van der Waals surface area contributed by atoms with Crippen molar-refractivity contribution in [2.75, 3.05) is 48.3 Å². The van der Waals surface area contributed by atoms with Crippen LogP contribution in [0.25, 0.3) is 38.9 Å². The quantitative estimate of drug-likeness (QED) is 0.0143. The SMILES string of the molecule is C=C1C=C(NCCCCCCNC(=O)c2ccc(-c3ccc(C(=O)NCCCCCCNc4cc5c(cc4C)nc4cc(C)c(N)cc4[n+]5-c4ccc(C)cc4)cc3)cc2)C(C)=C/C1=N/c1cc(C)c(N)cc1Nc1ccc(C)cc1. The van der Waals surface area contributed by atoms with Crippen molar-refractivity contribution < 1.29 is 14.2 Å². The average molecular weight is 1080 g/mol. The number of anilines is 5. The summed E-state index contributed by atoms with van der Waals surface area (Å²) in [7, 11) is 0. The van der Waals surface area contributed by atoms with E-state index in [2.05, 4.69) is 144 Å². The largest absolute Gasteiger partial charge is 0.398 e. The van der Waals surface area contributed by atoms with Gasteiger partial charge in [0.2, 0.25) is 16.7 Å². The number of allylic oxidation sites excluding steroid dienone is 4. The van der Waals surface area contributed by atoms with Crippen LogP contribution in [0.2, 0.25) is 0 Å². The number of hydrogen-bond donors (Lipinski definition) is 7. The smallest absolute Gasteiger partial charge is 0.251 e. The number of carbonyl (C=O) groups excluding carboxylic acids is 2. The van der Waals surface area contributed by atoms with E-state index in [-0.39, 0.29) is 11.8 Å². The highest BCUT2D eigenvalue weighted by Gasteiger charge is 2.22. The molecule has 9 N–H and O–H groups in total. The maximum atomic E-state index is 13.0. The van der Waals surface area contributed by atoms with E-state index in [4.69, 9.17) is 21.4 Å². The number of nitrogens with zero attached hydrogens (tertiary/aromatic N) is 3.